The fraction of sp³-hybridized carbons (Fsp3) is 0.750. The van der Waals surface area contributed by atoms with E-state index in [1.54, 1.807) is 0 Å². The Labute approximate surface area is 42.1 Å². The molecule has 0 fully saturated rings. The Morgan fingerprint density at radius 2 is 2.43 bits per heavy atom. The van der Waals surface area contributed by atoms with Gasteiger partial charge in [0, 0.05) is 0 Å². The molecule has 0 aliphatic rings. The van der Waals surface area contributed by atoms with Crippen molar-refractivity contribution in [1.29, 1.82) is 0 Å². The smallest absolute Gasteiger partial charge is 0.148 e. The van der Waals surface area contributed by atoms with Crippen LogP contribution in [0.15, 0.2) is 0 Å². The first-order valence-electron chi connectivity index (χ1n) is 2.14. The topological polar surface area (TPSA) is 63.3 Å². The normalized spacial score (nSPS) is 13.4. The molecule has 3 N–H and O–H groups in total. The van der Waals surface area contributed by atoms with E-state index in [0.717, 1.165) is 0 Å². The largest absolute Gasteiger partial charge is 0.386 e. The van der Waals surface area contributed by atoms with E-state index in [9.17, 15) is 4.79 Å². The summed E-state index contributed by atoms with van der Waals surface area (Å²) in [4.78, 5) is 9.59. The number of hydrogen-bond acceptors (Lipinski definition) is 3. The fourth-order valence-electron chi connectivity index (χ4n) is 0.239. The van der Waals surface area contributed by atoms with E-state index in [2.05, 4.69) is 0 Å². The van der Waals surface area contributed by atoms with Gasteiger partial charge in [0.1, 0.15) is 12.4 Å². The maximum Gasteiger partial charge on any atom is 0.148 e. The molecular formula is C4H9NO2. The average Bonchev–Trinajstić information content (AvgIpc) is 1.68. The van der Waals surface area contributed by atoms with E-state index in [4.69, 9.17) is 10.8 Å². The molecule has 3 nitrogen and oxygen atoms in total. The summed E-state index contributed by atoms with van der Waals surface area (Å²) in [6.45, 7) is 0.361. The van der Waals surface area contributed by atoms with Crippen molar-refractivity contribution in [2.45, 2.75) is 12.5 Å². The second kappa shape index (κ2) is 3.77. The Kier molecular flexibility index (Phi) is 3.55. The molecule has 0 amide bonds. The molecule has 1 atom stereocenters. The lowest BCUT2D eigenvalue weighted by molar-refractivity contribution is -0.115. The van der Waals surface area contributed by atoms with E-state index in [1.165, 1.54) is 0 Å². The summed E-state index contributed by atoms with van der Waals surface area (Å²) in [7, 11) is 0. The molecule has 0 saturated carbocycles. The number of carbonyl (C=O) groups is 1. The third kappa shape index (κ3) is 3.42. The predicted octanol–water partition coefficient (Wildman–Crippen LogP) is -1.10. The fourth-order valence-corrected chi connectivity index (χ4v) is 0.239. The van der Waals surface area contributed by atoms with Crippen LogP contribution in [0.4, 0.5) is 0 Å². The minimum atomic E-state index is -0.856. The third-order valence-corrected chi connectivity index (χ3v) is 0.620. The number of hydrogen-bond donors (Lipinski definition) is 2. The summed E-state index contributed by atoms with van der Waals surface area (Å²) >= 11 is 0. The van der Waals surface area contributed by atoms with Crippen molar-refractivity contribution in [2.24, 2.45) is 5.73 Å². The van der Waals surface area contributed by atoms with Crippen molar-refractivity contribution in [3.05, 3.63) is 0 Å². The molecule has 0 aromatic heterocycles. The quantitative estimate of drug-likeness (QED) is 0.445. The van der Waals surface area contributed by atoms with Gasteiger partial charge in [0.2, 0.25) is 0 Å². The Hall–Kier alpha value is -0.410. The number of aliphatic hydroxyl groups excluding tert-OH is 1. The number of carbonyl (C=O) groups excluding carboxylic acids is 1. The van der Waals surface area contributed by atoms with Crippen LogP contribution in [0.1, 0.15) is 6.42 Å². The first-order chi connectivity index (χ1) is 3.31. The molecule has 0 radical (unpaired) electrons. The highest BCUT2D eigenvalue weighted by atomic mass is 16.3. The zero-order chi connectivity index (χ0) is 5.70. The molecule has 0 spiro atoms. The molecule has 7 heavy (non-hydrogen) atoms. The van der Waals surface area contributed by atoms with E-state index in [0.29, 0.717) is 19.3 Å². The van der Waals surface area contributed by atoms with Gasteiger partial charge in [0.05, 0.1) is 0 Å². The SMILES string of the molecule is NCCC(O)C=O. The van der Waals surface area contributed by atoms with Crippen LogP contribution >= 0.6 is 0 Å². The minimum Gasteiger partial charge on any atom is -0.386 e. The van der Waals surface area contributed by atoms with Gasteiger partial charge in [-0.1, -0.05) is 0 Å². The van der Waals surface area contributed by atoms with Gasteiger partial charge in [-0.2, -0.15) is 0 Å². The zero-order valence-electron chi connectivity index (χ0n) is 4.00. The summed E-state index contributed by atoms with van der Waals surface area (Å²) < 4.78 is 0. The lowest BCUT2D eigenvalue weighted by Gasteiger charge is -1.94. The second-order valence-electron chi connectivity index (χ2n) is 1.28. The zero-order valence-corrected chi connectivity index (χ0v) is 4.00. The summed E-state index contributed by atoms with van der Waals surface area (Å²) in [5.41, 5.74) is 4.99. The number of rotatable bonds is 3. The molecule has 0 rings (SSSR count). The molecule has 1 unspecified atom stereocenters. The lowest BCUT2D eigenvalue weighted by atomic mass is 10.3. The van der Waals surface area contributed by atoms with Gasteiger partial charge in [-0.05, 0) is 13.0 Å². The van der Waals surface area contributed by atoms with E-state index < -0.39 is 6.10 Å². The third-order valence-electron chi connectivity index (χ3n) is 0.620. The highest BCUT2D eigenvalue weighted by molar-refractivity contribution is 5.55. The van der Waals surface area contributed by atoms with Crippen molar-refractivity contribution in [3.8, 4) is 0 Å². The van der Waals surface area contributed by atoms with Crippen LogP contribution in [-0.2, 0) is 4.79 Å². The van der Waals surface area contributed by atoms with E-state index in [1.807, 2.05) is 0 Å². The van der Waals surface area contributed by atoms with Crippen LogP contribution in [0.25, 0.3) is 0 Å². The maximum atomic E-state index is 9.59. The number of aliphatic hydroxyl groups is 1. The standard InChI is InChI=1S/C4H9NO2/c5-2-1-4(7)3-6/h3-4,7H,1-2,5H2. The molecule has 42 valence electrons. The predicted molar refractivity (Wildman–Crippen MR) is 25.7 cm³/mol. The van der Waals surface area contributed by atoms with Gasteiger partial charge in [0.15, 0.2) is 0 Å². The Balaban J connectivity index is 2.98. The van der Waals surface area contributed by atoms with Crippen molar-refractivity contribution in [3.63, 3.8) is 0 Å². The average molecular weight is 103 g/mol. The first-order valence-corrected chi connectivity index (χ1v) is 2.14. The Morgan fingerprint density at radius 3 is 2.57 bits per heavy atom. The number of nitrogens with two attached hydrogens (primary N) is 1. The van der Waals surface area contributed by atoms with Gasteiger partial charge in [-0.3, -0.25) is 0 Å². The molecule has 0 aliphatic carbocycles. The van der Waals surface area contributed by atoms with Crippen molar-refractivity contribution >= 4 is 6.29 Å². The summed E-state index contributed by atoms with van der Waals surface area (Å²) in [5.74, 6) is 0. The van der Waals surface area contributed by atoms with Gasteiger partial charge in [-0.25, -0.2) is 0 Å². The molecule has 0 aliphatic heterocycles. The van der Waals surface area contributed by atoms with Crippen LogP contribution in [0, 0.1) is 0 Å². The van der Waals surface area contributed by atoms with Crippen LogP contribution in [0.5, 0.6) is 0 Å². The van der Waals surface area contributed by atoms with Crippen LogP contribution in [0.3, 0.4) is 0 Å². The molecular weight excluding hydrogens is 94.0 g/mol. The van der Waals surface area contributed by atoms with Gasteiger partial charge in [0.25, 0.3) is 0 Å². The molecule has 0 aromatic rings. The molecule has 0 heterocycles. The van der Waals surface area contributed by atoms with Gasteiger partial charge >= 0.3 is 0 Å². The summed E-state index contributed by atoms with van der Waals surface area (Å²) in [6.07, 6.45) is -0.0129. The molecule has 0 bridgehead atoms. The van der Waals surface area contributed by atoms with Crippen LogP contribution in [0.2, 0.25) is 0 Å². The number of aldehydes is 1. The van der Waals surface area contributed by atoms with E-state index >= 15 is 0 Å². The summed E-state index contributed by atoms with van der Waals surface area (Å²) in [6, 6.07) is 0. The van der Waals surface area contributed by atoms with Crippen molar-refractivity contribution in [1.82, 2.24) is 0 Å². The Bertz CT molecular complexity index is 55.7. The Morgan fingerprint density at radius 1 is 1.86 bits per heavy atom. The minimum absolute atomic E-state index is 0.361. The maximum absolute atomic E-state index is 9.59. The highest BCUT2D eigenvalue weighted by Gasteiger charge is 1.95. The molecule has 0 saturated heterocycles. The summed E-state index contributed by atoms with van der Waals surface area (Å²) in [5, 5.41) is 8.41. The van der Waals surface area contributed by atoms with Crippen molar-refractivity contribution in [2.75, 3.05) is 6.54 Å². The van der Waals surface area contributed by atoms with E-state index in [-0.39, 0.29) is 0 Å². The highest BCUT2D eigenvalue weighted by Crippen LogP contribution is 1.79. The van der Waals surface area contributed by atoms with Crippen LogP contribution < -0.4 is 5.73 Å². The lowest BCUT2D eigenvalue weighted by Crippen LogP contribution is -2.13. The monoisotopic (exact) mass is 103 g/mol. The van der Waals surface area contributed by atoms with Gasteiger partial charge in [-0.15, -0.1) is 0 Å². The first kappa shape index (κ1) is 6.59. The molecule has 3 heteroatoms. The van der Waals surface area contributed by atoms with Crippen molar-refractivity contribution < 1.29 is 9.90 Å². The van der Waals surface area contributed by atoms with Crippen LogP contribution in [-0.4, -0.2) is 24.0 Å². The second-order valence-corrected chi connectivity index (χ2v) is 1.28. The molecule has 0 aromatic carbocycles. The van der Waals surface area contributed by atoms with Gasteiger partial charge < -0.3 is 15.6 Å².